The molecule has 12 nitrogen and oxygen atoms in total. The maximum Gasteiger partial charge on any atom is 0.260 e. The molecule has 0 radical (unpaired) electrons. The second-order valence-corrected chi connectivity index (χ2v) is 15.3. The van der Waals surface area contributed by atoms with Gasteiger partial charge < -0.3 is 14.8 Å². The van der Waals surface area contributed by atoms with E-state index in [-0.39, 0.29) is 17.7 Å². The fourth-order valence-electron chi connectivity index (χ4n) is 6.25. The Labute approximate surface area is 333 Å². The number of hydrogen-bond acceptors (Lipinski definition) is 7. The van der Waals surface area contributed by atoms with Gasteiger partial charge in [0.2, 0.25) is 0 Å². The Hall–Kier alpha value is -4.55. The molecule has 1 amide bonds. The molecule has 6 aromatic rings. The molecule has 0 aliphatic rings. The highest BCUT2D eigenvalue weighted by molar-refractivity contribution is 6.34. The van der Waals surface area contributed by atoms with Crippen LogP contribution in [0.3, 0.4) is 0 Å². The highest BCUT2D eigenvalue weighted by Crippen LogP contribution is 2.33. The SMILES string of the molecule is CCCCCCCCOc1ccc(C)cc1C(C)c1nc2c(Cl)c(C)[nH]n2n1.Cc1ccc(OC(C)C(=O)NCC(C)c2nc3c(Cl)c(C)[nH]n3n2)c(C)c1. The molecule has 0 saturated carbocycles. The lowest BCUT2D eigenvalue weighted by Crippen LogP contribution is -2.38. The van der Waals surface area contributed by atoms with E-state index in [2.05, 4.69) is 74.6 Å². The molecule has 296 valence electrons. The monoisotopic (exact) mass is 791 g/mol. The summed E-state index contributed by atoms with van der Waals surface area (Å²) >= 11 is 12.5. The van der Waals surface area contributed by atoms with E-state index in [0.29, 0.717) is 39.5 Å². The summed E-state index contributed by atoms with van der Waals surface area (Å²) in [7, 11) is 0. The van der Waals surface area contributed by atoms with Gasteiger partial charge in [0.15, 0.2) is 29.0 Å². The van der Waals surface area contributed by atoms with Gasteiger partial charge >= 0.3 is 0 Å². The summed E-state index contributed by atoms with van der Waals surface area (Å²) in [6.45, 7) is 19.1. The Bertz CT molecular complexity index is 2200. The van der Waals surface area contributed by atoms with Crippen LogP contribution in [0.15, 0.2) is 36.4 Å². The van der Waals surface area contributed by atoms with Crippen LogP contribution in [0.5, 0.6) is 11.5 Å². The number of carbonyl (C=O) groups excluding carboxylic acids is 1. The molecule has 0 aliphatic carbocycles. The molecule has 55 heavy (non-hydrogen) atoms. The minimum absolute atomic E-state index is 0.0177. The van der Waals surface area contributed by atoms with Crippen LogP contribution in [-0.4, -0.2) is 64.8 Å². The van der Waals surface area contributed by atoms with Crippen LogP contribution in [0, 0.1) is 34.6 Å². The van der Waals surface area contributed by atoms with Crippen molar-refractivity contribution in [1.29, 1.82) is 0 Å². The van der Waals surface area contributed by atoms with Crippen molar-refractivity contribution in [3.8, 4) is 11.5 Å². The summed E-state index contributed by atoms with van der Waals surface area (Å²) in [6.07, 6.45) is 6.94. The Morgan fingerprint density at radius 2 is 1.35 bits per heavy atom. The van der Waals surface area contributed by atoms with E-state index in [0.717, 1.165) is 52.7 Å². The number of aromatic amines is 2. The number of ether oxygens (including phenoxy) is 2. The first-order valence-electron chi connectivity index (χ1n) is 19.2. The fourth-order valence-corrected chi connectivity index (χ4v) is 6.57. The second kappa shape index (κ2) is 18.9. The van der Waals surface area contributed by atoms with E-state index >= 15 is 0 Å². The van der Waals surface area contributed by atoms with Gasteiger partial charge in [-0.15, -0.1) is 10.2 Å². The van der Waals surface area contributed by atoms with Crippen molar-refractivity contribution in [3.05, 3.63) is 91.7 Å². The topological polar surface area (TPSA) is 140 Å². The summed E-state index contributed by atoms with van der Waals surface area (Å²) in [5.74, 6) is 2.77. The minimum atomic E-state index is -0.597. The fraction of sp³-hybridized carbons (Fsp3) is 0.488. The first-order valence-corrected chi connectivity index (χ1v) is 20.0. The standard InChI is InChI=1S/C22H31ClN4O.C19H24ClN5O2/c1-5-6-7-8-9-10-13-28-19-12-11-15(2)14-18(19)16(3)21-24-22-20(23)17(4)25-27(22)26-21;1-10-6-7-15(11(2)8-10)27-14(5)19(26)21-9-12(3)17-22-18-16(20)13(4)23-25(18)24-17/h11-12,14,16,25H,5-10,13H2,1-4H3;6-8,12,14,23H,9H2,1-5H3,(H,21,26). The van der Waals surface area contributed by atoms with Gasteiger partial charge in [-0.1, -0.05) is 111 Å². The number of rotatable bonds is 16. The third-order valence-corrected chi connectivity index (χ3v) is 10.6. The lowest BCUT2D eigenvalue weighted by Gasteiger charge is -2.17. The van der Waals surface area contributed by atoms with Crippen molar-refractivity contribution in [2.75, 3.05) is 13.2 Å². The van der Waals surface area contributed by atoms with Crippen LogP contribution in [-0.2, 0) is 4.79 Å². The Kier molecular flexibility index (Phi) is 14.3. The highest BCUT2D eigenvalue weighted by atomic mass is 35.5. The first kappa shape index (κ1) is 41.6. The summed E-state index contributed by atoms with van der Waals surface area (Å²) in [5, 5.41) is 19.2. The number of carbonyl (C=O) groups is 1. The summed E-state index contributed by atoms with van der Waals surface area (Å²) in [6, 6.07) is 12.2. The molecule has 14 heteroatoms. The zero-order chi connectivity index (χ0) is 39.8. The van der Waals surface area contributed by atoms with Gasteiger partial charge in [0, 0.05) is 23.9 Å². The molecule has 3 unspecified atom stereocenters. The molecule has 3 atom stereocenters. The molecule has 0 spiro atoms. The lowest BCUT2D eigenvalue weighted by atomic mass is 9.97. The maximum atomic E-state index is 12.4. The number of aromatic nitrogens is 8. The number of amides is 1. The smallest absolute Gasteiger partial charge is 0.260 e. The summed E-state index contributed by atoms with van der Waals surface area (Å²) < 4.78 is 15.1. The quantitative estimate of drug-likeness (QED) is 0.0830. The molecule has 6 rings (SSSR count). The van der Waals surface area contributed by atoms with Gasteiger partial charge in [0.05, 0.1) is 18.0 Å². The predicted molar refractivity (Wildman–Crippen MR) is 219 cm³/mol. The number of halogens is 2. The number of unbranched alkanes of at least 4 members (excludes halogenated alkanes) is 5. The van der Waals surface area contributed by atoms with Gasteiger partial charge in [-0.25, -0.2) is 9.97 Å². The molecule has 0 aliphatic heterocycles. The third kappa shape index (κ3) is 10.4. The molecule has 0 saturated heterocycles. The third-order valence-electron chi connectivity index (χ3n) is 9.65. The van der Waals surface area contributed by atoms with Crippen LogP contribution in [0.2, 0.25) is 10.0 Å². The number of H-pyrrole nitrogens is 2. The van der Waals surface area contributed by atoms with Gasteiger partial charge in [0.1, 0.15) is 21.5 Å². The average molecular weight is 793 g/mol. The molecule has 4 heterocycles. The molecular weight excluding hydrogens is 737 g/mol. The minimum Gasteiger partial charge on any atom is -0.493 e. The lowest BCUT2D eigenvalue weighted by molar-refractivity contribution is -0.127. The number of aryl methyl sites for hydroxylation is 5. The Balaban J connectivity index is 0.000000211. The van der Waals surface area contributed by atoms with E-state index in [1.807, 2.05) is 52.8 Å². The van der Waals surface area contributed by atoms with E-state index < -0.39 is 6.10 Å². The van der Waals surface area contributed by atoms with Crippen LogP contribution < -0.4 is 14.8 Å². The van der Waals surface area contributed by atoms with Crippen molar-refractivity contribution in [2.24, 2.45) is 0 Å². The van der Waals surface area contributed by atoms with Gasteiger partial charge in [-0.3, -0.25) is 15.0 Å². The van der Waals surface area contributed by atoms with Gasteiger partial charge in [0.25, 0.3) is 5.91 Å². The van der Waals surface area contributed by atoms with Crippen LogP contribution >= 0.6 is 23.2 Å². The number of hydrogen-bond donors (Lipinski definition) is 3. The molecule has 2 aromatic carbocycles. The number of benzene rings is 2. The van der Waals surface area contributed by atoms with Crippen molar-refractivity contribution >= 4 is 40.4 Å². The zero-order valence-corrected chi connectivity index (χ0v) is 35.0. The van der Waals surface area contributed by atoms with E-state index in [4.69, 9.17) is 32.7 Å². The maximum absolute atomic E-state index is 12.4. The Morgan fingerprint density at radius 3 is 1.96 bits per heavy atom. The highest BCUT2D eigenvalue weighted by Gasteiger charge is 2.22. The van der Waals surface area contributed by atoms with Gasteiger partial charge in [-0.2, -0.15) is 9.26 Å². The second-order valence-electron chi connectivity index (χ2n) is 14.6. The molecule has 4 aromatic heterocycles. The van der Waals surface area contributed by atoms with Crippen molar-refractivity contribution in [3.63, 3.8) is 0 Å². The summed E-state index contributed by atoms with van der Waals surface area (Å²) in [5.41, 5.74) is 7.43. The van der Waals surface area contributed by atoms with Crippen LogP contribution in [0.4, 0.5) is 0 Å². The van der Waals surface area contributed by atoms with Crippen molar-refractivity contribution in [2.45, 2.75) is 119 Å². The van der Waals surface area contributed by atoms with Gasteiger partial charge in [-0.05, 0) is 65.7 Å². The summed E-state index contributed by atoms with van der Waals surface area (Å²) in [4.78, 5) is 21.5. The predicted octanol–water partition coefficient (Wildman–Crippen LogP) is 9.54. The van der Waals surface area contributed by atoms with E-state index in [1.54, 1.807) is 16.2 Å². The largest absolute Gasteiger partial charge is 0.493 e. The van der Waals surface area contributed by atoms with Crippen molar-refractivity contribution in [1.82, 2.24) is 44.9 Å². The molecular formula is C41H55Cl2N9O3. The number of nitrogens with one attached hydrogen (secondary N) is 3. The molecule has 0 fully saturated rings. The van der Waals surface area contributed by atoms with Crippen molar-refractivity contribution < 1.29 is 14.3 Å². The molecule has 3 N–H and O–H groups in total. The average Bonchev–Trinajstić information content (AvgIpc) is 3.90. The Morgan fingerprint density at radius 1 is 0.782 bits per heavy atom. The first-order chi connectivity index (χ1) is 26.3. The van der Waals surface area contributed by atoms with E-state index in [9.17, 15) is 4.79 Å². The number of fused-ring (bicyclic) bond motifs is 2. The molecule has 0 bridgehead atoms. The number of nitrogens with zero attached hydrogens (tertiary/aromatic N) is 6. The zero-order valence-electron chi connectivity index (χ0n) is 33.5. The normalized spacial score (nSPS) is 13.1. The van der Waals surface area contributed by atoms with Crippen LogP contribution in [0.1, 0.15) is 123 Å². The van der Waals surface area contributed by atoms with Crippen LogP contribution in [0.25, 0.3) is 11.3 Å². The van der Waals surface area contributed by atoms with E-state index in [1.165, 1.54) is 37.7 Å².